The Bertz CT molecular complexity index is 1420. The molecular formula is C31H28Br2N2O6. The Balaban J connectivity index is 1.40. The van der Waals surface area contributed by atoms with Crippen LogP contribution >= 0.6 is 31.9 Å². The second-order valence-electron chi connectivity index (χ2n) is 10.0. The molecule has 0 aliphatic heterocycles. The van der Waals surface area contributed by atoms with E-state index in [9.17, 15) is 20.2 Å². The Morgan fingerprint density at radius 2 is 0.951 bits per heavy atom. The van der Waals surface area contributed by atoms with E-state index in [0.29, 0.717) is 22.2 Å². The summed E-state index contributed by atoms with van der Waals surface area (Å²) in [5.74, 6) is 1.34. The number of nitro groups is 2. The number of nitro benzene ring substituents is 2. The second-order valence-corrected chi connectivity index (χ2v) is 11.2. The molecule has 4 aromatic carbocycles. The fourth-order valence-electron chi connectivity index (χ4n) is 4.45. The summed E-state index contributed by atoms with van der Waals surface area (Å²) in [6.07, 6.45) is 0. The van der Waals surface area contributed by atoms with E-state index in [1.165, 1.54) is 12.1 Å². The van der Waals surface area contributed by atoms with Crippen molar-refractivity contribution in [2.24, 2.45) is 0 Å². The molecule has 0 aromatic heterocycles. The van der Waals surface area contributed by atoms with Crippen LogP contribution < -0.4 is 9.47 Å². The average Bonchev–Trinajstić information content (AvgIpc) is 2.99. The Hall–Kier alpha value is -3.76. The van der Waals surface area contributed by atoms with E-state index in [0.717, 1.165) is 33.4 Å². The molecule has 0 N–H and O–H groups in total. The van der Waals surface area contributed by atoms with Gasteiger partial charge in [0.2, 0.25) is 0 Å². The maximum atomic E-state index is 11.2. The summed E-state index contributed by atoms with van der Waals surface area (Å²) in [5, 5.41) is 23.5. The van der Waals surface area contributed by atoms with Gasteiger partial charge in [0.05, 0.1) is 9.85 Å². The van der Waals surface area contributed by atoms with Gasteiger partial charge in [-0.1, -0.05) is 82.1 Å². The topological polar surface area (TPSA) is 105 Å². The van der Waals surface area contributed by atoms with Crippen molar-refractivity contribution in [3.05, 3.63) is 139 Å². The number of rotatable bonds is 12. The first kappa shape index (κ1) is 30.2. The zero-order chi connectivity index (χ0) is 29.6. The van der Waals surface area contributed by atoms with Crippen molar-refractivity contribution >= 4 is 43.2 Å². The van der Waals surface area contributed by atoms with Gasteiger partial charge in [-0.15, -0.1) is 0 Å². The molecule has 0 saturated carbocycles. The molecule has 0 radical (unpaired) electrons. The number of nitrogens with zero attached hydrogens (tertiary/aromatic N) is 2. The first-order chi connectivity index (χ1) is 19.6. The zero-order valence-corrected chi connectivity index (χ0v) is 25.7. The quantitative estimate of drug-likeness (QED) is 0.0840. The van der Waals surface area contributed by atoms with Gasteiger partial charge in [-0.3, -0.25) is 20.2 Å². The van der Waals surface area contributed by atoms with Gasteiger partial charge in [0, 0.05) is 40.3 Å². The SMILES string of the molecule is CC(C)(c1ccc(OCc2cc(CBr)cc([N+](=O)[O-])c2)cc1)c1ccc(OCc2cc(CBr)cc([N+](=O)[O-])c2)cc1. The zero-order valence-electron chi connectivity index (χ0n) is 22.5. The molecule has 0 atom stereocenters. The molecule has 10 heteroatoms. The Morgan fingerprint density at radius 1 is 0.610 bits per heavy atom. The normalized spacial score (nSPS) is 11.2. The van der Waals surface area contributed by atoms with Crippen molar-refractivity contribution in [1.82, 2.24) is 0 Å². The van der Waals surface area contributed by atoms with Crippen LogP contribution in [-0.4, -0.2) is 9.85 Å². The first-order valence-corrected chi connectivity index (χ1v) is 15.0. The highest BCUT2D eigenvalue weighted by atomic mass is 79.9. The third kappa shape index (κ3) is 7.71. The molecule has 0 spiro atoms. The smallest absolute Gasteiger partial charge is 0.270 e. The molecular weight excluding hydrogens is 656 g/mol. The molecule has 8 nitrogen and oxygen atoms in total. The van der Waals surface area contributed by atoms with E-state index in [4.69, 9.17) is 9.47 Å². The van der Waals surface area contributed by atoms with Crippen LogP contribution in [0.1, 0.15) is 47.2 Å². The van der Waals surface area contributed by atoms with Crippen LogP contribution in [-0.2, 0) is 29.3 Å². The summed E-state index contributed by atoms with van der Waals surface area (Å²) in [4.78, 5) is 21.7. The number of halogens is 2. The highest BCUT2D eigenvalue weighted by molar-refractivity contribution is 9.08. The largest absolute Gasteiger partial charge is 0.489 e. The minimum Gasteiger partial charge on any atom is -0.489 e. The molecule has 0 unspecified atom stereocenters. The van der Waals surface area contributed by atoms with Crippen molar-refractivity contribution < 1.29 is 19.3 Å². The predicted molar refractivity (Wildman–Crippen MR) is 165 cm³/mol. The second kappa shape index (κ2) is 13.3. The summed E-state index contributed by atoms with van der Waals surface area (Å²) < 4.78 is 11.8. The van der Waals surface area contributed by atoms with Gasteiger partial charge >= 0.3 is 0 Å². The number of benzene rings is 4. The van der Waals surface area contributed by atoms with Crippen molar-refractivity contribution in [2.75, 3.05) is 0 Å². The number of hydrogen-bond donors (Lipinski definition) is 0. The standard InChI is InChI=1S/C31H28Br2N2O6/c1-31(2,25-3-7-29(8-4-25)40-19-23-11-21(17-32)13-27(15-23)34(36)37)26-5-9-30(10-6-26)41-20-24-12-22(18-33)14-28(16-24)35(38)39/h3-16H,17-20H2,1-2H3. The van der Waals surface area contributed by atoms with Crippen LogP contribution in [0.25, 0.3) is 0 Å². The molecule has 0 aliphatic rings. The van der Waals surface area contributed by atoms with Gasteiger partial charge in [0.25, 0.3) is 11.4 Å². The highest BCUT2D eigenvalue weighted by Gasteiger charge is 2.23. The van der Waals surface area contributed by atoms with Crippen molar-refractivity contribution in [2.45, 2.75) is 43.1 Å². The molecule has 0 saturated heterocycles. The summed E-state index contributed by atoms with van der Waals surface area (Å²) >= 11 is 6.71. The van der Waals surface area contributed by atoms with E-state index < -0.39 is 9.85 Å². The summed E-state index contributed by atoms with van der Waals surface area (Å²) in [6.45, 7) is 4.71. The minimum absolute atomic E-state index is 0.0434. The molecule has 0 fully saturated rings. The van der Waals surface area contributed by atoms with Crippen LogP contribution in [0.5, 0.6) is 11.5 Å². The van der Waals surface area contributed by atoms with Crippen molar-refractivity contribution in [3.63, 3.8) is 0 Å². The van der Waals surface area contributed by atoms with E-state index in [2.05, 4.69) is 45.7 Å². The maximum Gasteiger partial charge on any atom is 0.270 e. The van der Waals surface area contributed by atoms with E-state index in [-0.39, 0.29) is 30.0 Å². The van der Waals surface area contributed by atoms with Crippen molar-refractivity contribution in [3.8, 4) is 11.5 Å². The summed E-state index contributed by atoms with van der Waals surface area (Å²) in [5.41, 5.74) is 5.07. The van der Waals surface area contributed by atoms with E-state index in [1.807, 2.05) is 60.7 Å². The number of hydrogen-bond acceptors (Lipinski definition) is 6. The fourth-order valence-corrected chi connectivity index (χ4v) is 5.10. The minimum atomic E-state index is -0.400. The van der Waals surface area contributed by atoms with Crippen LogP contribution in [0.15, 0.2) is 84.9 Å². The highest BCUT2D eigenvalue weighted by Crippen LogP contribution is 2.34. The van der Waals surface area contributed by atoms with Gasteiger partial charge in [-0.2, -0.15) is 0 Å². The Kier molecular flexibility index (Phi) is 9.77. The Morgan fingerprint density at radius 3 is 1.27 bits per heavy atom. The lowest BCUT2D eigenvalue weighted by Gasteiger charge is -2.26. The van der Waals surface area contributed by atoms with Crippen LogP contribution in [0.4, 0.5) is 11.4 Å². The third-order valence-electron chi connectivity index (χ3n) is 6.77. The lowest BCUT2D eigenvalue weighted by atomic mass is 9.78. The monoisotopic (exact) mass is 682 g/mol. The predicted octanol–water partition coefficient (Wildman–Crippen LogP) is 8.78. The van der Waals surface area contributed by atoms with Gasteiger partial charge < -0.3 is 9.47 Å². The molecule has 4 aromatic rings. The summed E-state index contributed by atoms with van der Waals surface area (Å²) in [6, 6.07) is 25.6. The van der Waals surface area contributed by atoms with Gasteiger partial charge in [-0.05, 0) is 57.6 Å². The Labute approximate surface area is 254 Å². The number of alkyl halides is 2. The number of ether oxygens (including phenoxy) is 2. The molecule has 0 amide bonds. The van der Waals surface area contributed by atoms with Crippen molar-refractivity contribution in [1.29, 1.82) is 0 Å². The first-order valence-electron chi connectivity index (χ1n) is 12.7. The lowest BCUT2D eigenvalue weighted by Crippen LogP contribution is -2.18. The van der Waals surface area contributed by atoms with Gasteiger partial charge in [0.15, 0.2) is 0 Å². The maximum absolute atomic E-state index is 11.2. The van der Waals surface area contributed by atoms with E-state index in [1.54, 1.807) is 12.1 Å². The van der Waals surface area contributed by atoms with E-state index >= 15 is 0 Å². The van der Waals surface area contributed by atoms with Crippen LogP contribution in [0.2, 0.25) is 0 Å². The van der Waals surface area contributed by atoms with Crippen LogP contribution in [0.3, 0.4) is 0 Å². The van der Waals surface area contributed by atoms with Gasteiger partial charge in [-0.25, -0.2) is 0 Å². The van der Waals surface area contributed by atoms with Gasteiger partial charge in [0.1, 0.15) is 24.7 Å². The molecule has 0 aliphatic carbocycles. The molecule has 212 valence electrons. The number of non-ortho nitro benzene ring substituents is 2. The van der Waals surface area contributed by atoms with Crippen LogP contribution in [0, 0.1) is 20.2 Å². The summed E-state index contributed by atoms with van der Waals surface area (Å²) in [7, 11) is 0. The average molecular weight is 684 g/mol. The molecule has 0 heterocycles. The molecule has 4 rings (SSSR count). The molecule has 41 heavy (non-hydrogen) atoms. The lowest BCUT2D eigenvalue weighted by molar-refractivity contribution is -0.385. The molecule has 0 bridgehead atoms. The fraction of sp³-hybridized carbons (Fsp3) is 0.226. The third-order valence-corrected chi connectivity index (χ3v) is 8.06.